The van der Waals surface area contributed by atoms with Gasteiger partial charge in [-0.15, -0.1) is 0 Å². The summed E-state index contributed by atoms with van der Waals surface area (Å²) < 4.78 is 0. The van der Waals surface area contributed by atoms with E-state index in [2.05, 4.69) is 42.3 Å². The van der Waals surface area contributed by atoms with Gasteiger partial charge in [0.15, 0.2) is 0 Å². The number of pyridine rings is 1. The SMILES string of the molecule is CC(C)c1ccccc1Nc1ccc(C(=O)N2CCCCCC2)nc1. The molecule has 25 heavy (non-hydrogen) atoms. The predicted molar refractivity (Wildman–Crippen MR) is 102 cm³/mol. The Labute approximate surface area is 150 Å². The zero-order valence-electron chi connectivity index (χ0n) is 15.2. The third kappa shape index (κ3) is 4.38. The van der Waals surface area contributed by atoms with Crippen molar-refractivity contribution in [1.29, 1.82) is 0 Å². The molecule has 2 heterocycles. The lowest BCUT2D eigenvalue weighted by Gasteiger charge is -2.20. The average Bonchev–Trinajstić information content (AvgIpc) is 2.91. The molecule has 0 aliphatic carbocycles. The Kier molecular flexibility index (Phi) is 5.69. The van der Waals surface area contributed by atoms with Crippen molar-refractivity contribution in [3.8, 4) is 0 Å². The lowest BCUT2D eigenvalue weighted by molar-refractivity contribution is 0.0756. The van der Waals surface area contributed by atoms with Crippen molar-refractivity contribution in [2.75, 3.05) is 18.4 Å². The largest absolute Gasteiger partial charge is 0.354 e. The standard InChI is InChI=1S/C21H27N3O/c1-16(2)18-9-5-6-10-19(18)23-17-11-12-20(22-15-17)21(25)24-13-7-3-4-8-14-24/h5-6,9-12,15-16,23H,3-4,7-8,13-14H2,1-2H3. The number of carbonyl (C=O) groups is 1. The number of likely N-dealkylation sites (tertiary alicyclic amines) is 1. The Bertz CT molecular complexity index is 701. The molecule has 1 aromatic carbocycles. The van der Waals surface area contributed by atoms with E-state index in [1.54, 1.807) is 6.20 Å². The molecule has 4 nitrogen and oxygen atoms in total. The fraction of sp³-hybridized carbons (Fsp3) is 0.429. The van der Waals surface area contributed by atoms with Crippen molar-refractivity contribution in [2.24, 2.45) is 0 Å². The summed E-state index contributed by atoms with van der Waals surface area (Å²) >= 11 is 0. The maximum atomic E-state index is 12.6. The second kappa shape index (κ2) is 8.15. The highest BCUT2D eigenvalue weighted by Gasteiger charge is 2.18. The molecule has 4 heteroatoms. The van der Waals surface area contributed by atoms with Gasteiger partial charge in [-0.1, -0.05) is 44.9 Å². The number of nitrogens with one attached hydrogen (secondary N) is 1. The van der Waals surface area contributed by atoms with Gasteiger partial charge in [0.05, 0.1) is 11.9 Å². The van der Waals surface area contributed by atoms with Crippen LogP contribution in [0.5, 0.6) is 0 Å². The number of carbonyl (C=O) groups excluding carboxylic acids is 1. The van der Waals surface area contributed by atoms with Crippen LogP contribution in [0.25, 0.3) is 0 Å². The fourth-order valence-corrected chi connectivity index (χ4v) is 3.30. The normalized spacial score (nSPS) is 15.1. The predicted octanol–water partition coefficient (Wildman–Crippen LogP) is 4.96. The van der Waals surface area contributed by atoms with Gasteiger partial charge in [0.2, 0.25) is 0 Å². The molecule has 0 atom stereocenters. The Morgan fingerprint density at radius 2 is 1.76 bits per heavy atom. The first-order chi connectivity index (χ1) is 12.1. The molecule has 0 radical (unpaired) electrons. The number of benzene rings is 1. The maximum Gasteiger partial charge on any atom is 0.272 e. The fourth-order valence-electron chi connectivity index (χ4n) is 3.30. The molecule has 132 valence electrons. The summed E-state index contributed by atoms with van der Waals surface area (Å²) in [6, 6.07) is 12.1. The Balaban J connectivity index is 1.71. The molecule has 1 fully saturated rings. The zero-order valence-corrected chi connectivity index (χ0v) is 15.2. The average molecular weight is 337 g/mol. The van der Waals surface area contributed by atoms with Crippen LogP contribution in [0.2, 0.25) is 0 Å². The van der Waals surface area contributed by atoms with E-state index in [0.717, 1.165) is 37.3 Å². The van der Waals surface area contributed by atoms with Gasteiger partial charge >= 0.3 is 0 Å². The molecule has 0 unspecified atom stereocenters. The van der Waals surface area contributed by atoms with Gasteiger partial charge in [0.1, 0.15) is 5.69 Å². The van der Waals surface area contributed by atoms with Gasteiger partial charge in [-0.25, -0.2) is 4.98 Å². The number of para-hydroxylation sites is 1. The van der Waals surface area contributed by atoms with E-state index >= 15 is 0 Å². The number of rotatable bonds is 4. The summed E-state index contributed by atoms with van der Waals surface area (Å²) in [7, 11) is 0. The minimum atomic E-state index is 0.0519. The number of aromatic nitrogens is 1. The van der Waals surface area contributed by atoms with Crippen LogP contribution in [-0.4, -0.2) is 28.9 Å². The molecular formula is C21H27N3O. The van der Waals surface area contributed by atoms with Crippen LogP contribution < -0.4 is 5.32 Å². The minimum Gasteiger partial charge on any atom is -0.354 e. The number of nitrogens with zero attached hydrogens (tertiary/aromatic N) is 2. The smallest absolute Gasteiger partial charge is 0.272 e. The summed E-state index contributed by atoms with van der Waals surface area (Å²) in [6.07, 6.45) is 6.38. The number of amides is 1. The first kappa shape index (κ1) is 17.5. The van der Waals surface area contributed by atoms with Crippen LogP contribution in [0.15, 0.2) is 42.6 Å². The molecule has 1 aromatic heterocycles. The number of hydrogen-bond donors (Lipinski definition) is 1. The number of anilines is 2. The molecule has 2 aromatic rings. The van der Waals surface area contributed by atoms with E-state index < -0.39 is 0 Å². The van der Waals surface area contributed by atoms with Crippen molar-refractivity contribution in [3.63, 3.8) is 0 Å². The van der Waals surface area contributed by atoms with Gasteiger partial charge in [-0.3, -0.25) is 4.79 Å². The van der Waals surface area contributed by atoms with Gasteiger partial charge in [-0.05, 0) is 42.5 Å². The molecule has 1 N–H and O–H groups in total. The van der Waals surface area contributed by atoms with E-state index in [1.807, 2.05) is 23.1 Å². The first-order valence-corrected chi connectivity index (χ1v) is 9.26. The van der Waals surface area contributed by atoms with Crippen LogP contribution in [0, 0.1) is 0 Å². The van der Waals surface area contributed by atoms with Gasteiger partial charge < -0.3 is 10.2 Å². The molecule has 3 rings (SSSR count). The summed E-state index contributed by atoms with van der Waals surface area (Å²) in [5.74, 6) is 0.497. The van der Waals surface area contributed by atoms with E-state index in [1.165, 1.54) is 18.4 Å². The van der Waals surface area contributed by atoms with E-state index in [-0.39, 0.29) is 5.91 Å². The van der Waals surface area contributed by atoms with Crippen LogP contribution in [0.3, 0.4) is 0 Å². The topological polar surface area (TPSA) is 45.2 Å². The van der Waals surface area contributed by atoms with Crippen LogP contribution in [0.1, 0.15) is 61.5 Å². The minimum absolute atomic E-state index is 0.0519. The van der Waals surface area contributed by atoms with Crippen molar-refractivity contribution in [3.05, 3.63) is 53.9 Å². The Morgan fingerprint density at radius 3 is 2.40 bits per heavy atom. The first-order valence-electron chi connectivity index (χ1n) is 9.26. The summed E-state index contributed by atoms with van der Waals surface area (Å²) in [5, 5.41) is 3.42. The maximum absolute atomic E-state index is 12.6. The van der Waals surface area contributed by atoms with Crippen LogP contribution >= 0.6 is 0 Å². The quantitative estimate of drug-likeness (QED) is 0.857. The second-order valence-electron chi connectivity index (χ2n) is 7.01. The Hall–Kier alpha value is -2.36. The van der Waals surface area contributed by atoms with Crippen molar-refractivity contribution in [1.82, 2.24) is 9.88 Å². The lowest BCUT2D eigenvalue weighted by atomic mass is 10.0. The lowest BCUT2D eigenvalue weighted by Crippen LogP contribution is -2.32. The van der Waals surface area contributed by atoms with E-state index in [0.29, 0.717) is 11.6 Å². The third-order valence-corrected chi connectivity index (χ3v) is 4.74. The van der Waals surface area contributed by atoms with Gasteiger partial charge in [0.25, 0.3) is 5.91 Å². The summed E-state index contributed by atoms with van der Waals surface area (Å²) in [6.45, 7) is 6.06. The highest BCUT2D eigenvalue weighted by Crippen LogP contribution is 2.26. The molecular weight excluding hydrogens is 310 g/mol. The highest BCUT2D eigenvalue weighted by atomic mass is 16.2. The van der Waals surface area contributed by atoms with Crippen LogP contribution in [0.4, 0.5) is 11.4 Å². The van der Waals surface area contributed by atoms with Crippen molar-refractivity contribution >= 4 is 17.3 Å². The summed E-state index contributed by atoms with van der Waals surface area (Å²) in [4.78, 5) is 19.0. The van der Waals surface area contributed by atoms with E-state index in [4.69, 9.17) is 0 Å². The Morgan fingerprint density at radius 1 is 1.04 bits per heavy atom. The zero-order chi connectivity index (χ0) is 17.6. The molecule has 0 spiro atoms. The monoisotopic (exact) mass is 337 g/mol. The van der Waals surface area contributed by atoms with Crippen LogP contribution in [-0.2, 0) is 0 Å². The molecule has 1 aliphatic rings. The molecule has 0 saturated carbocycles. The molecule has 1 amide bonds. The molecule has 1 aliphatic heterocycles. The van der Waals surface area contributed by atoms with E-state index in [9.17, 15) is 4.79 Å². The van der Waals surface area contributed by atoms with Crippen molar-refractivity contribution < 1.29 is 4.79 Å². The molecule has 0 bridgehead atoms. The van der Waals surface area contributed by atoms with Gasteiger partial charge in [-0.2, -0.15) is 0 Å². The summed E-state index contributed by atoms with van der Waals surface area (Å²) in [5.41, 5.74) is 3.79. The molecule has 1 saturated heterocycles. The second-order valence-corrected chi connectivity index (χ2v) is 7.01. The highest BCUT2D eigenvalue weighted by molar-refractivity contribution is 5.92. The third-order valence-electron chi connectivity index (χ3n) is 4.74. The van der Waals surface area contributed by atoms with Gasteiger partial charge in [0, 0.05) is 18.8 Å². The van der Waals surface area contributed by atoms with Crippen molar-refractivity contribution in [2.45, 2.75) is 45.4 Å². The number of hydrogen-bond acceptors (Lipinski definition) is 3.